The number of benzene rings is 3. The molecular formula is C19H17NO3S. The lowest BCUT2D eigenvalue weighted by Gasteiger charge is -2.09. The predicted octanol–water partition coefficient (Wildman–Crippen LogP) is 3.42. The van der Waals surface area contributed by atoms with Gasteiger partial charge >= 0.3 is 0 Å². The molecule has 0 aliphatic carbocycles. The zero-order chi connectivity index (χ0) is 17.2. The van der Waals surface area contributed by atoms with Crippen LogP contribution in [0.3, 0.4) is 0 Å². The second-order valence-electron chi connectivity index (χ2n) is 5.66. The molecule has 0 unspecified atom stereocenters. The third-order valence-electron chi connectivity index (χ3n) is 3.78. The van der Waals surface area contributed by atoms with Crippen LogP contribution in [-0.4, -0.2) is 20.6 Å². The molecule has 0 aliphatic rings. The molecule has 0 aromatic heterocycles. The highest BCUT2D eigenvalue weighted by Gasteiger charge is 2.10. The average molecular weight is 339 g/mol. The lowest BCUT2D eigenvalue weighted by molar-refractivity contribution is -0.115. The lowest BCUT2D eigenvalue weighted by atomic mass is 10.0. The monoisotopic (exact) mass is 339 g/mol. The number of fused-ring (bicyclic) bond motifs is 1. The Balaban J connectivity index is 1.81. The SMILES string of the molecule is CS(=O)(=O)c1cccc(NC(=O)Cc2cccc3ccccc23)c1. The van der Waals surface area contributed by atoms with Crippen LogP contribution in [0.25, 0.3) is 10.8 Å². The molecule has 0 radical (unpaired) electrons. The standard InChI is InChI=1S/C19H17NO3S/c1-24(22,23)17-10-5-9-16(13-17)20-19(21)12-15-8-4-7-14-6-2-3-11-18(14)15/h2-11,13H,12H2,1H3,(H,20,21). The van der Waals surface area contributed by atoms with Crippen LogP contribution in [0.15, 0.2) is 71.6 Å². The van der Waals surface area contributed by atoms with Crippen LogP contribution in [0.1, 0.15) is 5.56 Å². The van der Waals surface area contributed by atoms with Crippen molar-refractivity contribution in [3.63, 3.8) is 0 Å². The number of nitrogens with one attached hydrogen (secondary N) is 1. The van der Waals surface area contributed by atoms with E-state index in [1.807, 2.05) is 42.5 Å². The van der Waals surface area contributed by atoms with Crippen molar-refractivity contribution in [1.29, 1.82) is 0 Å². The van der Waals surface area contributed by atoms with Crippen LogP contribution in [0, 0.1) is 0 Å². The Morgan fingerprint density at radius 3 is 2.46 bits per heavy atom. The third-order valence-corrected chi connectivity index (χ3v) is 4.89. The zero-order valence-corrected chi connectivity index (χ0v) is 14.0. The van der Waals surface area contributed by atoms with Crippen LogP contribution in [0.5, 0.6) is 0 Å². The Bertz CT molecular complexity index is 1000. The smallest absolute Gasteiger partial charge is 0.228 e. The van der Waals surface area contributed by atoms with E-state index in [2.05, 4.69) is 5.32 Å². The molecule has 0 saturated carbocycles. The Kier molecular flexibility index (Phi) is 4.36. The maximum absolute atomic E-state index is 12.3. The van der Waals surface area contributed by atoms with E-state index in [1.54, 1.807) is 12.1 Å². The minimum Gasteiger partial charge on any atom is -0.326 e. The van der Waals surface area contributed by atoms with Gasteiger partial charge in [0, 0.05) is 11.9 Å². The molecular weight excluding hydrogens is 322 g/mol. The highest BCUT2D eigenvalue weighted by atomic mass is 32.2. The molecule has 0 atom stereocenters. The number of amides is 1. The fraction of sp³-hybridized carbons (Fsp3) is 0.105. The lowest BCUT2D eigenvalue weighted by Crippen LogP contribution is -2.15. The van der Waals surface area contributed by atoms with E-state index in [4.69, 9.17) is 0 Å². The summed E-state index contributed by atoms with van der Waals surface area (Å²) in [6.45, 7) is 0. The van der Waals surface area contributed by atoms with Gasteiger partial charge in [-0.1, -0.05) is 48.5 Å². The van der Waals surface area contributed by atoms with Gasteiger partial charge in [-0.2, -0.15) is 0 Å². The van der Waals surface area contributed by atoms with Crippen LogP contribution in [0.2, 0.25) is 0 Å². The fourth-order valence-electron chi connectivity index (χ4n) is 2.63. The number of rotatable bonds is 4. The molecule has 0 fully saturated rings. The minimum absolute atomic E-state index is 0.183. The molecule has 0 saturated heterocycles. The highest BCUT2D eigenvalue weighted by Crippen LogP contribution is 2.20. The van der Waals surface area contributed by atoms with Gasteiger partial charge in [0.15, 0.2) is 9.84 Å². The summed E-state index contributed by atoms with van der Waals surface area (Å²) in [5, 5.41) is 4.89. The minimum atomic E-state index is -3.30. The molecule has 5 heteroatoms. The number of anilines is 1. The van der Waals surface area contributed by atoms with E-state index < -0.39 is 9.84 Å². The van der Waals surface area contributed by atoms with Gasteiger partial charge in [0.1, 0.15) is 0 Å². The summed E-state index contributed by atoms with van der Waals surface area (Å²) in [7, 11) is -3.30. The van der Waals surface area contributed by atoms with Gasteiger partial charge < -0.3 is 5.32 Å². The maximum Gasteiger partial charge on any atom is 0.228 e. The molecule has 4 nitrogen and oxygen atoms in total. The van der Waals surface area contributed by atoms with Crippen LogP contribution in [-0.2, 0) is 21.1 Å². The van der Waals surface area contributed by atoms with E-state index in [1.165, 1.54) is 12.1 Å². The summed E-state index contributed by atoms with van der Waals surface area (Å²) >= 11 is 0. The molecule has 24 heavy (non-hydrogen) atoms. The second kappa shape index (κ2) is 6.45. The molecule has 3 rings (SSSR count). The van der Waals surface area contributed by atoms with E-state index in [0.29, 0.717) is 5.69 Å². The molecule has 0 bridgehead atoms. The average Bonchev–Trinajstić information content (AvgIpc) is 2.54. The topological polar surface area (TPSA) is 63.2 Å². The molecule has 1 N–H and O–H groups in total. The molecule has 0 spiro atoms. The molecule has 0 heterocycles. The number of sulfone groups is 1. The maximum atomic E-state index is 12.3. The Morgan fingerprint density at radius 1 is 0.958 bits per heavy atom. The van der Waals surface area contributed by atoms with Gasteiger partial charge in [-0.25, -0.2) is 8.42 Å². The number of hydrogen-bond donors (Lipinski definition) is 1. The first-order chi connectivity index (χ1) is 11.4. The van der Waals surface area contributed by atoms with Crippen molar-refractivity contribution in [3.05, 3.63) is 72.3 Å². The first kappa shape index (κ1) is 16.2. The first-order valence-electron chi connectivity index (χ1n) is 7.50. The molecule has 3 aromatic rings. The van der Waals surface area contributed by atoms with Crippen LogP contribution >= 0.6 is 0 Å². The summed E-state index contributed by atoms with van der Waals surface area (Å²) in [4.78, 5) is 12.5. The van der Waals surface area contributed by atoms with Crippen molar-refractivity contribution in [2.24, 2.45) is 0 Å². The normalized spacial score (nSPS) is 11.4. The third kappa shape index (κ3) is 3.63. The first-order valence-corrected chi connectivity index (χ1v) is 9.39. The van der Waals surface area contributed by atoms with Crippen molar-refractivity contribution < 1.29 is 13.2 Å². The summed E-state index contributed by atoms with van der Waals surface area (Å²) in [5.41, 5.74) is 1.41. The molecule has 122 valence electrons. The molecule has 1 amide bonds. The van der Waals surface area contributed by atoms with E-state index in [-0.39, 0.29) is 17.2 Å². The van der Waals surface area contributed by atoms with Crippen LogP contribution < -0.4 is 5.32 Å². The summed E-state index contributed by atoms with van der Waals surface area (Å²) in [6.07, 6.45) is 1.37. The van der Waals surface area contributed by atoms with E-state index >= 15 is 0 Å². The summed E-state index contributed by atoms with van der Waals surface area (Å²) in [6, 6.07) is 20.0. The Morgan fingerprint density at radius 2 is 1.67 bits per heavy atom. The van der Waals surface area contributed by atoms with E-state index in [9.17, 15) is 13.2 Å². The van der Waals surface area contributed by atoms with Crippen molar-refractivity contribution in [2.75, 3.05) is 11.6 Å². The largest absolute Gasteiger partial charge is 0.326 e. The molecule has 0 aliphatic heterocycles. The van der Waals surface area contributed by atoms with Gasteiger partial charge in [-0.05, 0) is 34.5 Å². The number of carbonyl (C=O) groups is 1. The van der Waals surface area contributed by atoms with Crippen molar-refractivity contribution >= 4 is 32.2 Å². The summed E-state index contributed by atoms with van der Waals surface area (Å²) in [5.74, 6) is -0.183. The molecule has 3 aromatic carbocycles. The predicted molar refractivity (Wildman–Crippen MR) is 95.8 cm³/mol. The Labute approximate surface area is 141 Å². The quantitative estimate of drug-likeness (QED) is 0.792. The van der Waals surface area contributed by atoms with Gasteiger partial charge in [0.25, 0.3) is 0 Å². The van der Waals surface area contributed by atoms with Gasteiger partial charge in [0.05, 0.1) is 11.3 Å². The van der Waals surface area contributed by atoms with Crippen molar-refractivity contribution in [2.45, 2.75) is 11.3 Å². The second-order valence-corrected chi connectivity index (χ2v) is 7.68. The van der Waals surface area contributed by atoms with Gasteiger partial charge in [0.2, 0.25) is 5.91 Å². The Hall–Kier alpha value is -2.66. The van der Waals surface area contributed by atoms with Crippen molar-refractivity contribution in [1.82, 2.24) is 0 Å². The van der Waals surface area contributed by atoms with Crippen molar-refractivity contribution in [3.8, 4) is 0 Å². The van der Waals surface area contributed by atoms with E-state index in [0.717, 1.165) is 22.6 Å². The van der Waals surface area contributed by atoms with Crippen LogP contribution in [0.4, 0.5) is 5.69 Å². The zero-order valence-electron chi connectivity index (χ0n) is 13.2. The highest BCUT2D eigenvalue weighted by molar-refractivity contribution is 7.90. The summed E-state index contributed by atoms with van der Waals surface area (Å²) < 4.78 is 23.2. The fourth-order valence-corrected chi connectivity index (χ4v) is 3.30. The van der Waals surface area contributed by atoms with Gasteiger partial charge in [-0.15, -0.1) is 0 Å². The van der Waals surface area contributed by atoms with Gasteiger partial charge in [-0.3, -0.25) is 4.79 Å². The number of hydrogen-bond acceptors (Lipinski definition) is 3. The number of carbonyl (C=O) groups excluding carboxylic acids is 1.